The SMILES string of the molecule is COCCOC(C)(C)C(C)OC(C)(C)C(C)N1C(=O)c2ccc3c4ccc5c6c(ccc(c7ccc(c2c37)C1=O)c64)C(=O)N(C1=C/C(C)(C)/C=C\C(C)(C)/C=C\1)C5=O. The van der Waals surface area contributed by atoms with Crippen molar-refractivity contribution in [2.24, 2.45) is 10.8 Å². The molecule has 9 heteroatoms. The van der Waals surface area contributed by atoms with Crippen LogP contribution in [0.1, 0.15) is 111 Å². The van der Waals surface area contributed by atoms with E-state index in [0.717, 1.165) is 32.3 Å². The molecule has 1 aliphatic carbocycles. The maximum atomic E-state index is 14.5. The van der Waals surface area contributed by atoms with Crippen LogP contribution in [0.4, 0.5) is 0 Å². The van der Waals surface area contributed by atoms with Crippen molar-refractivity contribution in [3.63, 3.8) is 0 Å². The molecule has 2 unspecified atom stereocenters. The number of benzene rings is 5. The molecule has 58 heavy (non-hydrogen) atoms. The van der Waals surface area contributed by atoms with E-state index in [4.69, 9.17) is 14.2 Å². The van der Waals surface area contributed by atoms with Gasteiger partial charge in [-0.1, -0.05) is 76.3 Å². The van der Waals surface area contributed by atoms with Gasteiger partial charge in [-0.05, 0) is 104 Å². The Labute approximate surface area is 339 Å². The third kappa shape index (κ3) is 6.09. The molecule has 2 heterocycles. The number of carbonyl (C=O) groups is 4. The Kier molecular flexibility index (Phi) is 9.16. The lowest BCUT2D eigenvalue weighted by Crippen LogP contribution is -2.57. The van der Waals surface area contributed by atoms with Crippen LogP contribution in [0.2, 0.25) is 0 Å². The Morgan fingerprint density at radius 3 is 1.50 bits per heavy atom. The van der Waals surface area contributed by atoms with E-state index in [2.05, 4.69) is 39.8 Å². The summed E-state index contributed by atoms with van der Waals surface area (Å²) < 4.78 is 17.8. The van der Waals surface area contributed by atoms with Gasteiger partial charge < -0.3 is 14.2 Å². The summed E-state index contributed by atoms with van der Waals surface area (Å²) >= 11 is 0. The zero-order chi connectivity index (χ0) is 41.9. The van der Waals surface area contributed by atoms with Crippen molar-refractivity contribution in [2.45, 2.75) is 92.6 Å². The van der Waals surface area contributed by atoms with E-state index < -0.39 is 22.7 Å². The number of amides is 4. The lowest BCUT2D eigenvalue weighted by Gasteiger charge is -2.44. The average Bonchev–Trinajstić information content (AvgIpc) is 3.16. The van der Waals surface area contributed by atoms with Crippen LogP contribution in [-0.2, 0) is 14.2 Å². The number of allylic oxidation sites excluding steroid dienone is 5. The van der Waals surface area contributed by atoms with Gasteiger partial charge in [-0.25, -0.2) is 4.90 Å². The van der Waals surface area contributed by atoms with Crippen molar-refractivity contribution in [2.75, 3.05) is 20.3 Å². The summed E-state index contributed by atoms with van der Waals surface area (Å²) in [5.74, 6) is -1.53. The highest BCUT2D eigenvalue weighted by Gasteiger charge is 2.45. The van der Waals surface area contributed by atoms with Gasteiger partial charge in [0.05, 0.1) is 36.6 Å². The maximum Gasteiger partial charge on any atom is 0.265 e. The second-order valence-electron chi connectivity index (χ2n) is 18.4. The second-order valence-corrected chi connectivity index (χ2v) is 18.4. The van der Waals surface area contributed by atoms with Gasteiger partial charge in [-0.15, -0.1) is 0 Å². The average molecular weight is 781 g/mol. The smallest absolute Gasteiger partial charge is 0.265 e. The molecule has 5 aromatic carbocycles. The van der Waals surface area contributed by atoms with Gasteiger partial charge in [-0.3, -0.25) is 24.1 Å². The number of carbonyl (C=O) groups excluding carboxylic acids is 4. The Hall–Kier alpha value is -5.22. The predicted octanol–water partition coefficient (Wildman–Crippen LogP) is 10.0. The van der Waals surface area contributed by atoms with Crippen LogP contribution in [0.3, 0.4) is 0 Å². The summed E-state index contributed by atoms with van der Waals surface area (Å²) in [5.41, 5.74) is 0.0646. The lowest BCUT2D eigenvalue weighted by molar-refractivity contribution is -0.181. The van der Waals surface area contributed by atoms with Crippen LogP contribution in [0, 0.1) is 10.8 Å². The zero-order valence-electron chi connectivity index (χ0n) is 35.3. The molecule has 0 radical (unpaired) electrons. The molecule has 0 fully saturated rings. The molecule has 0 saturated heterocycles. The number of imide groups is 2. The fourth-order valence-corrected chi connectivity index (χ4v) is 8.79. The van der Waals surface area contributed by atoms with Crippen LogP contribution in [0.25, 0.3) is 43.1 Å². The molecule has 0 aromatic heterocycles. The quantitative estimate of drug-likeness (QED) is 0.0457. The fraction of sp³-hybridized carbons (Fsp3) is 0.388. The first-order valence-corrected chi connectivity index (χ1v) is 20.1. The van der Waals surface area contributed by atoms with Crippen LogP contribution >= 0.6 is 0 Å². The standard InChI is InChI=1S/C49H52N2O7/c1-27(48(7,8)58-28(2)49(9,10)57-25-24-56-11)50-42(52)34-16-12-30-32-14-18-36-41-37(19-15-33(39(32)41)31-13-17-35(43(50)53)40(34)38(30)31)45(55)51(44(36)54)29-20-21-46(3,4)22-23-47(5,6)26-29/h12-23,26-28H,24-25H2,1-11H3/b21-20-,23-22-,29-26+. The Morgan fingerprint density at radius 2 is 1.03 bits per heavy atom. The van der Waals surface area contributed by atoms with Gasteiger partial charge in [0, 0.05) is 56.7 Å². The summed E-state index contributed by atoms with van der Waals surface area (Å²) in [6, 6.07) is 14.3. The van der Waals surface area contributed by atoms with Crippen LogP contribution < -0.4 is 0 Å². The highest BCUT2D eigenvalue weighted by molar-refractivity contribution is 6.41. The highest BCUT2D eigenvalue weighted by atomic mass is 16.6. The summed E-state index contributed by atoms with van der Waals surface area (Å²) in [5, 5.41) is 6.19. The number of nitrogens with zero attached hydrogens (tertiary/aromatic N) is 2. The molecule has 2 aliphatic heterocycles. The van der Waals surface area contributed by atoms with Crippen LogP contribution in [0.5, 0.6) is 0 Å². The van der Waals surface area contributed by atoms with Gasteiger partial charge >= 0.3 is 0 Å². The second kappa shape index (κ2) is 13.4. The molecule has 3 aliphatic rings. The highest BCUT2D eigenvalue weighted by Crippen LogP contribution is 2.47. The van der Waals surface area contributed by atoms with Crippen molar-refractivity contribution in [1.82, 2.24) is 9.80 Å². The molecule has 9 nitrogen and oxygen atoms in total. The Morgan fingerprint density at radius 1 is 0.586 bits per heavy atom. The van der Waals surface area contributed by atoms with Gasteiger partial charge in [0.15, 0.2) is 0 Å². The number of ether oxygens (including phenoxy) is 3. The van der Waals surface area contributed by atoms with Gasteiger partial charge in [0.25, 0.3) is 23.6 Å². The van der Waals surface area contributed by atoms with Crippen molar-refractivity contribution in [3.8, 4) is 0 Å². The molecule has 8 rings (SSSR count). The van der Waals surface area contributed by atoms with E-state index in [0.29, 0.717) is 51.9 Å². The van der Waals surface area contributed by atoms with Crippen molar-refractivity contribution in [3.05, 3.63) is 107 Å². The van der Waals surface area contributed by atoms with E-state index in [1.807, 2.05) is 96.2 Å². The topological polar surface area (TPSA) is 102 Å². The molecule has 4 amide bonds. The monoisotopic (exact) mass is 780 g/mol. The zero-order valence-corrected chi connectivity index (χ0v) is 35.3. The van der Waals surface area contributed by atoms with E-state index in [1.165, 1.54) is 9.80 Å². The molecule has 2 atom stereocenters. The summed E-state index contributed by atoms with van der Waals surface area (Å²) in [6.45, 7) is 20.6. The lowest BCUT2D eigenvalue weighted by atomic mass is 9.81. The molecular weight excluding hydrogens is 729 g/mol. The van der Waals surface area contributed by atoms with E-state index in [1.54, 1.807) is 19.2 Å². The molecular formula is C49H52N2O7. The fourth-order valence-electron chi connectivity index (χ4n) is 8.79. The van der Waals surface area contributed by atoms with Gasteiger partial charge in [0.2, 0.25) is 0 Å². The molecule has 0 spiro atoms. The van der Waals surface area contributed by atoms with Crippen molar-refractivity contribution < 1.29 is 33.4 Å². The summed E-state index contributed by atoms with van der Waals surface area (Å²) in [4.78, 5) is 60.7. The number of hydrogen-bond donors (Lipinski definition) is 0. The minimum Gasteiger partial charge on any atom is -0.382 e. The first-order chi connectivity index (χ1) is 27.2. The third-order valence-electron chi connectivity index (χ3n) is 12.7. The van der Waals surface area contributed by atoms with E-state index in [-0.39, 0.29) is 35.1 Å². The molecule has 300 valence electrons. The Balaban J connectivity index is 1.21. The summed E-state index contributed by atoms with van der Waals surface area (Å²) in [6.07, 6.45) is 9.75. The molecule has 0 saturated carbocycles. The summed E-state index contributed by atoms with van der Waals surface area (Å²) in [7, 11) is 1.62. The minimum atomic E-state index is -0.930. The van der Waals surface area contributed by atoms with Crippen LogP contribution in [0.15, 0.2) is 84.6 Å². The van der Waals surface area contributed by atoms with Crippen LogP contribution in [-0.4, -0.2) is 77.1 Å². The number of rotatable bonds is 10. The first kappa shape index (κ1) is 39.6. The molecule has 0 N–H and O–H groups in total. The minimum absolute atomic E-state index is 0.265. The molecule has 5 aromatic rings. The number of fused-ring (bicyclic) bond motifs is 2. The maximum absolute atomic E-state index is 14.5. The van der Waals surface area contributed by atoms with E-state index >= 15 is 0 Å². The van der Waals surface area contributed by atoms with Gasteiger partial charge in [-0.2, -0.15) is 0 Å². The van der Waals surface area contributed by atoms with Gasteiger partial charge in [0.1, 0.15) is 0 Å². The third-order valence-corrected chi connectivity index (χ3v) is 12.7. The Bertz CT molecular complexity index is 2570. The van der Waals surface area contributed by atoms with Crippen molar-refractivity contribution in [1.29, 1.82) is 0 Å². The molecule has 0 bridgehead atoms. The first-order valence-electron chi connectivity index (χ1n) is 20.1. The predicted molar refractivity (Wildman–Crippen MR) is 229 cm³/mol. The van der Waals surface area contributed by atoms with E-state index in [9.17, 15) is 19.2 Å². The van der Waals surface area contributed by atoms with Crippen molar-refractivity contribution >= 4 is 66.7 Å². The number of hydrogen-bond acceptors (Lipinski definition) is 7. The normalized spacial score (nSPS) is 21.1. The largest absolute Gasteiger partial charge is 0.382 e. The number of methoxy groups -OCH3 is 1.